The first-order valence-electron chi connectivity index (χ1n) is 10.3. The molecule has 2 aromatic rings. The monoisotopic (exact) mass is 406 g/mol. The van der Waals surface area contributed by atoms with Crippen molar-refractivity contribution in [1.82, 2.24) is 15.5 Å². The zero-order valence-electron chi connectivity index (χ0n) is 16.8. The molecule has 1 unspecified atom stereocenters. The zero-order valence-corrected chi connectivity index (χ0v) is 16.8. The van der Waals surface area contributed by atoms with Gasteiger partial charge in [-0.3, -0.25) is 19.7 Å². The lowest BCUT2D eigenvalue weighted by Gasteiger charge is -2.29. The molecule has 0 aromatic heterocycles. The smallest absolute Gasteiger partial charge is 0.255 e. The predicted octanol–water partition coefficient (Wildman–Crippen LogP) is 1.75. The molecule has 4 rings (SSSR count). The average molecular weight is 406 g/mol. The van der Waals surface area contributed by atoms with Crippen molar-refractivity contribution in [3.63, 3.8) is 0 Å². The summed E-state index contributed by atoms with van der Waals surface area (Å²) in [7, 11) is 0. The van der Waals surface area contributed by atoms with Crippen LogP contribution in [-0.4, -0.2) is 35.2 Å². The number of hydrogen-bond acceptors (Lipinski definition) is 5. The average Bonchev–Trinajstić information content (AvgIpc) is 3.05. The van der Waals surface area contributed by atoms with Gasteiger partial charge in [0.2, 0.25) is 11.8 Å². The second kappa shape index (κ2) is 8.67. The molecule has 0 spiro atoms. The molecular weight excluding hydrogens is 380 g/mol. The molecule has 156 valence electrons. The number of hydrogen-bond donors (Lipinski definition) is 3. The molecular formula is C23H26N4O3. The van der Waals surface area contributed by atoms with Gasteiger partial charge in [-0.1, -0.05) is 24.3 Å². The zero-order chi connectivity index (χ0) is 21.1. The number of rotatable bonds is 7. The molecule has 2 heterocycles. The number of carbonyl (C=O) groups excluding carboxylic acids is 3. The third kappa shape index (κ3) is 4.36. The number of benzene rings is 2. The standard InChI is InChI=1S/C23H26N4O3/c24-18-7-4-15(5-8-18)2-1-11-25-13-16-3-6-17-14-27(23(30)19(17)12-16)20-9-10-21(28)26-22(20)29/h3-8,12,20,25H,1-2,9-11,13-14,24H2,(H,26,28,29). The van der Waals surface area contributed by atoms with Gasteiger partial charge in [0, 0.05) is 30.8 Å². The van der Waals surface area contributed by atoms with Crippen molar-refractivity contribution in [2.75, 3.05) is 12.3 Å². The fourth-order valence-electron chi connectivity index (χ4n) is 4.05. The fourth-order valence-corrected chi connectivity index (χ4v) is 4.05. The van der Waals surface area contributed by atoms with Crippen molar-refractivity contribution in [2.45, 2.75) is 44.8 Å². The summed E-state index contributed by atoms with van der Waals surface area (Å²) in [5, 5.41) is 5.76. The van der Waals surface area contributed by atoms with Gasteiger partial charge in [0.25, 0.3) is 5.91 Å². The summed E-state index contributed by atoms with van der Waals surface area (Å²) in [6, 6.07) is 13.3. The predicted molar refractivity (Wildman–Crippen MR) is 113 cm³/mol. The van der Waals surface area contributed by atoms with Crippen LogP contribution in [0.25, 0.3) is 0 Å². The van der Waals surface area contributed by atoms with Gasteiger partial charge in [-0.15, -0.1) is 0 Å². The molecule has 2 aliphatic rings. The van der Waals surface area contributed by atoms with Crippen LogP contribution in [0.5, 0.6) is 0 Å². The van der Waals surface area contributed by atoms with Crippen molar-refractivity contribution < 1.29 is 14.4 Å². The van der Waals surface area contributed by atoms with Crippen molar-refractivity contribution in [3.05, 3.63) is 64.7 Å². The Morgan fingerprint density at radius 2 is 1.83 bits per heavy atom. The van der Waals surface area contributed by atoms with Crippen LogP contribution in [0.1, 0.15) is 46.3 Å². The van der Waals surface area contributed by atoms with Gasteiger partial charge in [0.1, 0.15) is 6.04 Å². The van der Waals surface area contributed by atoms with E-state index in [0.717, 1.165) is 36.2 Å². The topological polar surface area (TPSA) is 105 Å². The van der Waals surface area contributed by atoms with E-state index < -0.39 is 6.04 Å². The van der Waals surface area contributed by atoms with Gasteiger partial charge in [-0.25, -0.2) is 0 Å². The molecule has 0 aliphatic carbocycles. The number of imide groups is 1. The van der Waals surface area contributed by atoms with E-state index in [1.54, 1.807) is 4.90 Å². The first-order chi connectivity index (χ1) is 14.5. The number of piperidine rings is 1. The van der Waals surface area contributed by atoms with Gasteiger partial charge in [0.05, 0.1) is 0 Å². The maximum Gasteiger partial charge on any atom is 0.255 e. The SMILES string of the molecule is Nc1ccc(CCCNCc2ccc3c(c2)C(=O)N(C2CCC(=O)NC2=O)C3)cc1. The van der Waals surface area contributed by atoms with E-state index in [1.807, 2.05) is 30.3 Å². The Morgan fingerprint density at radius 3 is 2.60 bits per heavy atom. The first-order valence-corrected chi connectivity index (χ1v) is 10.3. The highest BCUT2D eigenvalue weighted by Crippen LogP contribution is 2.28. The number of nitrogens with zero attached hydrogens (tertiary/aromatic N) is 1. The molecule has 2 aliphatic heterocycles. The van der Waals surface area contributed by atoms with Crippen LogP contribution < -0.4 is 16.4 Å². The normalized spacial score (nSPS) is 18.5. The Kier molecular flexibility index (Phi) is 5.81. The number of amides is 3. The Hall–Kier alpha value is -3.19. The lowest BCUT2D eigenvalue weighted by atomic mass is 10.0. The van der Waals surface area contributed by atoms with E-state index in [-0.39, 0.29) is 24.1 Å². The summed E-state index contributed by atoms with van der Waals surface area (Å²) in [4.78, 5) is 38.0. The van der Waals surface area contributed by atoms with Crippen molar-refractivity contribution in [1.29, 1.82) is 0 Å². The van der Waals surface area contributed by atoms with Gasteiger partial charge in [0.15, 0.2) is 0 Å². The van der Waals surface area contributed by atoms with Crippen molar-refractivity contribution >= 4 is 23.4 Å². The van der Waals surface area contributed by atoms with Crippen LogP contribution >= 0.6 is 0 Å². The molecule has 7 nitrogen and oxygen atoms in total. The van der Waals surface area contributed by atoms with Gasteiger partial charge in [-0.05, 0) is 60.7 Å². The molecule has 1 atom stereocenters. The second-order valence-corrected chi connectivity index (χ2v) is 7.91. The minimum atomic E-state index is -0.572. The number of nitrogens with one attached hydrogen (secondary N) is 2. The second-order valence-electron chi connectivity index (χ2n) is 7.91. The molecule has 30 heavy (non-hydrogen) atoms. The molecule has 1 fully saturated rings. The van der Waals surface area contributed by atoms with Crippen LogP contribution in [-0.2, 0) is 29.1 Å². The van der Waals surface area contributed by atoms with E-state index in [2.05, 4.69) is 22.8 Å². The van der Waals surface area contributed by atoms with Crippen LogP contribution in [0, 0.1) is 0 Å². The molecule has 0 radical (unpaired) electrons. The summed E-state index contributed by atoms with van der Waals surface area (Å²) < 4.78 is 0. The van der Waals surface area contributed by atoms with E-state index in [9.17, 15) is 14.4 Å². The minimum absolute atomic E-state index is 0.135. The highest BCUT2D eigenvalue weighted by molar-refractivity contribution is 6.05. The minimum Gasteiger partial charge on any atom is -0.399 e. The van der Waals surface area contributed by atoms with E-state index in [0.29, 0.717) is 25.1 Å². The first kappa shape index (κ1) is 20.1. The van der Waals surface area contributed by atoms with Crippen LogP contribution in [0.3, 0.4) is 0 Å². The summed E-state index contributed by atoms with van der Waals surface area (Å²) in [5.74, 6) is -0.787. The van der Waals surface area contributed by atoms with Crippen LogP contribution in [0.2, 0.25) is 0 Å². The number of nitrogen functional groups attached to an aromatic ring is 1. The third-order valence-electron chi connectivity index (χ3n) is 5.72. The molecule has 7 heteroatoms. The number of nitrogens with two attached hydrogens (primary N) is 1. The summed E-state index contributed by atoms with van der Waals surface area (Å²) in [5.41, 5.74) is 10.4. The van der Waals surface area contributed by atoms with Gasteiger partial charge < -0.3 is 16.0 Å². The van der Waals surface area contributed by atoms with E-state index in [4.69, 9.17) is 5.73 Å². The third-order valence-corrected chi connectivity index (χ3v) is 5.72. The summed E-state index contributed by atoms with van der Waals surface area (Å²) >= 11 is 0. The number of carbonyl (C=O) groups is 3. The van der Waals surface area contributed by atoms with Crippen LogP contribution in [0.4, 0.5) is 5.69 Å². The molecule has 0 saturated carbocycles. The Balaban J connectivity index is 1.29. The highest BCUT2D eigenvalue weighted by Gasteiger charge is 2.38. The number of fused-ring (bicyclic) bond motifs is 1. The quantitative estimate of drug-likeness (QED) is 0.369. The molecule has 3 amide bonds. The summed E-state index contributed by atoms with van der Waals surface area (Å²) in [6.45, 7) is 1.97. The van der Waals surface area contributed by atoms with Crippen LogP contribution in [0.15, 0.2) is 42.5 Å². The summed E-state index contributed by atoms with van der Waals surface area (Å²) in [6.07, 6.45) is 2.64. The fraction of sp³-hybridized carbons (Fsp3) is 0.348. The Labute approximate surface area is 175 Å². The number of aryl methyl sites for hydroxylation is 1. The molecule has 2 aromatic carbocycles. The Morgan fingerprint density at radius 1 is 1.07 bits per heavy atom. The van der Waals surface area contributed by atoms with Crippen molar-refractivity contribution in [2.24, 2.45) is 0 Å². The Bertz CT molecular complexity index is 971. The van der Waals surface area contributed by atoms with E-state index >= 15 is 0 Å². The molecule has 0 bridgehead atoms. The lowest BCUT2D eigenvalue weighted by molar-refractivity contribution is -0.136. The number of anilines is 1. The lowest BCUT2D eigenvalue weighted by Crippen LogP contribution is -2.52. The van der Waals surface area contributed by atoms with Gasteiger partial charge >= 0.3 is 0 Å². The van der Waals surface area contributed by atoms with E-state index in [1.165, 1.54) is 5.56 Å². The highest BCUT2D eigenvalue weighted by atomic mass is 16.2. The maximum absolute atomic E-state index is 12.9. The maximum atomic E-state index is 12.9. The van der Waals surface area contributed by atoms with Gasteiger partial charge in [-0.2, -0.15) is 0 Å². The molecule has 4 N–H and O–H groups in total. The van der Waals surface area contributed by atoms with Crippen molar-refractivity contribution in [3.8, 4) is 0 Å². The largest absolute Gasteiger partial charge is 0.399 e. The molecule has 1 saturated heterocycles.